The number of para-hydroxylation sites is 2. The van der Waals surface area contributed by atoms with E-state index < -0.39 is 12.2 Å². The average molecular weight is 737 g/mol. The van der Waals surface area contributed by atoms with E-state index in [-0.39, 0.29) is 25.2 Å². The standard InChI is InChI=1S/2C18H20O4.C10H16/c2*1-2-20-13-17(14-21-16-11-7-4-8-12-16)22-18(19)15-9-5-3-6-10-15;1-2-9-7-4-5-8(6-7)10(9)3-1/h2*3-12,17H,2,13-14H2,1H3;7-10H,1-6H2. The molecule has 3 fully saturated rings. The molecule has 288 valence electrons. The third-order valence-corrected chi connectivity index (χ3v) is 10.3. The monoisotopic (exact) mass is 736 g/mol. The largest absolute Gasteiger partial charge is 0.490 e. The van der Waals surface area contributed by atoms with Crippen LogP contribution in [0.25, 0.3) is 0 Å². The predicted molar refractivity (Wildman–Crippen MR) is 210 cm³/mol. The molecule has 0 heterocycles. The van der Waals surface area contributed by atoms with Crippen molar-refractivity contribution in [2.24, 2.45) is 23.7 Å². The summed E-state index contributed by atoms with van der Waals surface area (Å²) in [5, 5.41) is 0. The number of hydrogen-bond acceptors (Lipinski definition) is 8. The molecule has 0 N–H and O–H groups in total. The second kappa shape index (κ2) is 22.5. The minimum absolute atomic E-state index is 0.253. The van der Waals surface area contributed by atoms with Crippen molar-refractivity contribution >= 4 is 11.9 Å². The molecule has 0 radical (unpaired) electrons. The zero-order chi connectivity index (χ0) is 37.8. The van der Waals surface area contributed by atoms with Gasteiger partial charge in [0.1, 0.15) is 24.7 Å². The summed E-state index contributed by atoms with van der Waals surface area (Å²) in [5.74, 6) is 5.52. The molecule has 0 spiro atoms. The zero-order valence-corrected chi connectivity index (χ0v) is 31.8. The van der Waals surface area contributed by atoms with Gasteiger partial charge in [-0.1, -0.05) is 79.2 Å². The lowest BCUT2D eigenvalue weighted by atomic mass is 9.82. The van der Waals surface area contributed by atoms with Gasteiger partial charge in [-0.05, 0) is 118 Å². The Morgan fingerprint density at radius 2 is 0.889 bits per heavy atom. The van der Waals surface area contributed by atoms with Gasteiger partial charge in [-0.25, -0.2) is 9.59 Å². The lowest BCUT2D eigenvalue weighted by Crippen LogP contribution is -2.30. The summed E-state index contributed by atoms with van der Waals surface area (Å²) in [6.07, 6.45) is 8.63. The van der Waals surface area contributed by atoms with Gasteiger partial charge >= 0.3 is 11.9 Å². The SMILES string of the molecule is C1CC2C3CCC(C3)C2C1.CCOCC(COc1ccccc1)OC(=O)c1ccccc1.CCOCC(COc1ccccc1)OC(=O)c1ccccc1. The molecule has 6 atom stereocenters. The van der Waals surface area contributed by atoms with Crippen molar-refractivity contribution in [1.82, 2.24) is 0 Å². The van der Waals surface area contributed by atoms with E-state index in [0.717, 1.165) is 11.5 Å². The van der Waals surface area contributed by atoms with Crippen molar-refractivity contribution in [1.29, 1.82) is 0 Å². The maximum atomic E-state index is 12.1. The summed E-state index contributed by atoms with van der Waals surface area (Å²) in [7, 11) is 0. The summed E-state index contributed by atoms with van der Waals surface area (Å²) in [6.45, 7) is 6.03. The van der Waals surface area contributed by atoms with E-state index in [1.807, 2.05) is 86.6 Å². The highest BCUT2D eigenvalue weighted by Gasteiger charge is 2.48. The fraction of sp³-hybridized carbons (Fsp3) is 0.435. The highest BCUT2D eigenvalue weighted by atomic mass is 16.6. The predicted octanol–water partition coefficient (Wildman–Crippen LogP) is 9.49. The first-order chi connectivity index (χ1) is 26.5. The number of hydrogen-bond donors (Lipinski definition) is 0. The van der Waals surface area contributed by atoms with Crippen molar-refractivity contribution in [3.05, 3.63) is 132 Å². The molecule has 0 amide bonds. The molecule has 0 saturated heterocycles. The minimum atomic E-state index is -0.451. The molecule has 3 aliphatic rings. The Morgan fingerprint density at radius 3 is 1.26 bits per heavy atom. The minimum Gasteiger partial charge on any atom is -0.490 e. The number of benzene rings is 4. The number of carbonyl (C=O) groups excluding carboxylic acids is 2. The fourth-order valence-electron chi connectivity index (χ4n) is 7.75. The molecule has 8 nitrogen and oxygen atoms in total. The van der Waals surface area contributed by atoms with Crippen LogP contribution in [0.4, 0.5) is 0 Å². The number of esters is 2. The third kappa shape index (κ3) is 13.0. The Kier molecular flexibility index (Phi) is 16.9. The van der Waals surface area contributed by atoms with E-state index in [1.165, 1.54) is 23.7 Å². The van der Waals surface area contributed by atoms with E-state index in [0.29, 0.717) is 37.6 Å². The van der Waals surface area contributed by atoms with Crippen LogP contribution in [0.5, 0.6) is 11.5 Å². The van der Waals surface area contributed by atoms with Gasteiger partial charge < -0.3 is 28.4 Å². The summed E-state index contributed by atoms with van der Waals surface area (Å²) in [4.78, 5) is 24.2. The number of ether oxygens (including phenoxy) is 6. The van der Waals surface area contributed by atoms with Crippen LogP contribution < -0.4 is 9.47 Å². The first-order valence-electron chi connectivity index (χ1n) is 19.6. The van der Waals surface area contributed by atoms with Crippen LogP contribution in [0.1, 0.15) is 73.1 Å². The normalized spacial score (nSPS) is 20.2. The highest BCUT2D eigenvalue weighted by Crippen LogP contribution is 2.58. The molecular formula is C46H56O8. The van der Waals surface area contributed by atoms with Crippen molar-refractivity contribution in [3.8, 4) is 11.5 Å². The number of fused-ring (bicyclic) bond motifs is 5. The van der Waals surface area contributed by atoms with Gasteiger partial charge in [-0.3, -0.25) is 0 Å². The summed E-state index contributed by atoms with van der Waals surface area (Å²) >= 11 is 0. The van der Waals surface area contributed by atoms with Crippen LogP contribution in [-0.4, -0.2) is 63.8 Å². The van der Waals surface area contributed by atoms with Gasteiger partial charge in [0.15, 0.2) is 12.2 Å². The summed E-state index contributed by atoms with van der Waals surface area (Å²) in [5.41, 5.74) is 1.03. The average Bonchev–Trinajstić information content (AvgIpc) is 3.99. The van der Waals surface area contributed by atoms with E-state index in [1.54, 1.807) is 87.1 Å². The summed E-state index contributed by atoms with van der Waals surface area (Å²) < 4.78 is 33.0. The highest BCUT2D eigenvalue weighted by molar-refractivity contribution is 5.89. The Morgan fingerprint density at radius 1 is 0.519 bits per heavy atom. The maximum absolute atomic E-state index is 12.1. The van der Waals surface area contributed by atoms with Crippen molar-refractivity contribution in [3.63, 3.8) is 0 Å². The molecule has 2 bridgehead atoms. The van der Waals surface area contributed by atoms with Crippen LogP contribution in [0.15, 0.2) is 121 Å². The Hall–Kier alpha value is -4.66. The molecular weight excluding hydrogens is 680 g/mol. The van der Waals surface area contributed by atoms with Crippen LogP contribution in [-0.2, 0) is 18.9 Å². The second-order valence-electron chi connectivity index (χ2n) is 13.9. The first kappa shape index (κ1) is 40.5. The molecule has 6 unspecified atom stereocenters. The topological polar surface area (TPSA) is 89.5 Å². The number of rotatable bonds is 16. The molecule has 0 aliphatic heterocycles. The van der Waals surface area contributed by atoms with Crippen LogP contribution in [0, 0.1) is 23.7 Å². The van der Waals surface area contributed by atoms with Crippen LogP contribution >= 0.6 is 0 Å². The molecule has 4 aromatic carbocycles. The van der Waals surface area contributed by atoms with E-state index >= 15 is 0 Å². The van der Waals surface area contributed by atoms with Gasteiger partial charge in [0, 0.05) is 13.2 Å². The van der Waals surface area contributed by atoms with Gasteiger partial charge in [-0.15, -0.1) is 0 Å². The molecule has 8 heteroatoms. The molecule has 4 aromatic rings. The maximum Gasteiger partial charge on any atom is 0.338 e. The smallest absolute Gasteiger partial charge is 0.338 e. The van der Waals surface area contributed by atoms with Gasteiger partial charge in [0.2, 0.25) is 0 Å². The molecule has 7 rings (SSSR count). The second-order valence-corrected chi connectivity index (χ2v) is 13.9. The van der Waals surface area contributed by atoms with Crippen molar-refractivity contribution in [2.45, 2.75) is 64.6 Å². The van der Waals surface area contributed by atoms with E-state index in [4.69, 9.17) is 28.4 Å². The third-order valence-electron chi connectivity index (χ3n) is 10.3. The Balaban J connectivity index is 0.000000165. The molecule has 3 saturated carbocycles. The van der Waals surface area contributed by atoms with Crippen LogP contribution in [0.3, 0.4) is 0 Å². The van der Waals surface area contributed by atoms with Crippen LogP contribution in [0.2, 0.25) is 0 Å². The Bertz CT molecular complexity index is 1500. The summed E-state index contributed by atoms with van der Waals surface area (Å²) in [6, 6.07) is 36.6. The van der Waals surface area contributed by atoms with Crippen molar-refractivity contribution < 1.29 is 38.0 Å². The van der Waals surface area contributed by atoms with Crippen molar-refractivity contribution in [2.75, 3.05) is 39.6 Å². The number of carbonyl (C=O) groups is 2. The van der Waals surface area contributed by atoms with E-state index in [2.05, 4.69) is 0 Å². The van der Waals surface area contributed by atoms with Gasteiger partial charge in [-0.2, -0.15) is 0 Å². The molecule has 3 aliphatic carbocycles. The lowest BCUT2D eigenvalue weighted by Gasteiger charge is -2.23. The molecule has 54 heavy (non-hydrogen) atoms. The van der Waals surface area contributed by atoms with E-state index in [9.17, 15) is 9.59 Å². The Labute approximate surface area is 321 Å². The molecule has 0 aromatic heterocycles. The quantitative estimate of drug-likeness (QED) is 0.105. The van der Waals surface area contributed by atoms with Gasteiger partial charge in [0.25, 0.3) is 0 Å². The van der Waals surface area contributed by atoms with Gasteiger partial charge in [0.05, 0.1) is 24.3 Å². The zero-order valence-electron chi connectivity index (χ0n) is 31.8. The lowest BCUT2D eigenvalue weighted by molar-refractivity contribution is -0.0179. The fourth-order valence-corrected chi connectivity index (χ4v) is 7.75. The first-order valence-corrected chi connectivity index (χ1v) is 19.6.